The van der Waals surface area contributed by atoms with Crippen molar-refractivity contribution < 1.29 is 14.6 Å². The fraction of sp³-hybridized carbons (Fsp3) is 0.588. The summed E-state index contributed by atoms with van der Waals surface area (Å²) in [6.07, 6.45) is 3.51. The van der Waals surface area contributed by atoms with E-state index < -0.39 is 0 Å². The highest BCUT2D eigenvalue weighted by molar-refractivity contribution is 5.66. The summed E-state index contributed by atoms with van der Waals surface area (Å²) in [4.78, 5) is 11.4. The zero-order valence-corrected chi connectivity index (χ0v) is 11.9. The van der Waals surface area contributed by atoms with Crippen molar-refractivity contribution in [2.45, 2.75) is 44.8 Å². The highest BCUT2D eigenvalue weighted by atomic mass is 16.5. The lowest BCUT2D eigenvalue weighted by Gasteiger charge is -2.23. The molecule has 2 aliphatic carbocycles. The zero-order chi connectivity index (χ0) is 14.1. The van der Waals surface area contributed by atoms with Gasteiger partial charge < -0.3 is 9.84 Å². The first-order chi connectivity index (χ1) is 9.65. The first-order valence-electron chi connectivity index (χ1n) is 7.54. The minimum atomic E-state index is -0.209. The van der Waals surface area contributed by atoms with Crippen LogP contribution in [0.2, 0.25) is 0 Å². The molecule has 1 unspecified atom stereocenters. The summed E-state index contributed by atoms with van der Waals surface area (Å²) in [6.45, 7) is 1.48. The molecule has 2 saturated carbocycles. The van der Waals surface area contributed by atoms with E-state index in [0.717, 1.165) is 25.7 Å². The molecule has 5 atom stereocenters. The van der Waals surface area contributed by atoms with Crippen LogP contribution in [-0.2, 0) is 16.0 Å². The predicted molar refractivity (Wildman–Crippen MR) is 76.0 cm³/mol. The van der Waals surface area contributed by atoms with Crippen LogP contribution in [0.25, 0.3) is 0 Å². The van der Waals surface area contributed by atoms with Crippen molar-refractivity contribution in [3.8, 4) is 0 Å². The van der Waals surface area contributed by atoms with Crippen LogP contribution < -0.4 is 0 Å². The van der Waals surface area contributed by atoms with E-state index in [-0.39, 0.29) is 18.2 Å². The summed E-state index contributed by atoms with van der Waals surface area (Å²) in [5.41, 5.74) is 1.28. The monoisotopic (exact) mass is 274 g/mol. The second kappa shape index (κ2) is 5.57. The van der Waals surface area contributed by atoms with Crippen molar-refractivity contribution in [3.63, 3.8) is 0 Å². The number of aliphatic hydroxyl groups excluding tert-OH is 1. The third-order valence-corrected chi connectivity index (χ3v) is 4.94. The SMILES string of the molecule is CC(=O)O[C@@H]1[C@@H](Cc2ccccc2)CC2[C@H](O)CC[C@@H]21. The number of fused-ring (bicyclic) bond motifs is 1. The van der Waals surface area contributed by atoms with Gasteiger partial charge in [0.2, 0.25) is 0 Å². The Labute approximate surface area is 120 Å². The highest BCUT2D eigenvalue weighted by Gasteiger charge is 2.50. The average molecular weight is 274 g/mol. The Kier molecular flexibility index (Phi) is 3.79. The van der Waals surface area contributed by atoms with E-state index in [4.69, 9.17) is 4.74 Å². The van der Waals surface area contributed by atoms with E-state index in [1.165, 1.54) is 12.5 Å². The standard InChI is InChI=1S/C17H22O3/c1-11(18)20-17-13(9-12-5-3-2-4-6-12)10-15-14(17)7-8-16(15)19/h2-6,13-17,19H,7-10H2,1H3/t13-,14-,15?,16+,17+/m0/s1. The van der Waals surface area contributed by atoms with Crippen LogP contribution in [0, 0.1) is 17.8 Å². The smallest absolute Gasteiger partial charge is 0.302 e. The number of esters is 1. The molecule has 0 bridgehead atoms. The maximum Gasteiger partial charge on any atom is 0.302 e. The largest absolute Gasteiger partial charge is 0.462 e. The molecule has 0 amide bonds. The maximum absolute atomic E-state index is 11.4. The van der Waals surface area contributed by atoms with Gasteiger partial charge in [0.15, 0.2) is 0 Å². The van der Waals surface area contributed by atoms with Crippen molar-refractivity contribution in [3.05, 3.63) is 35.9 Å². The third kappa shape index (κ3) is 2.59. The van der Waals surface area contributed by atoms with E-state index >= 15 is 0 Å². The number of carbonyl (C=O) groups is 1. The van der Waals surface area contributed by atoms with Crippen molar-refractivity contribution in [1.82, 2.24) is 0 Å². The van der Waals surface area contributed by atoms with Gasteiger partial charge in [-0.05, 0) is 37.2 Å². The van der Waals surface area contributed by atoms with Gasteiger partial charge in [0, 0.05) is 18.8 Å². The zero-order valence-electron chi connectivity index (χ0n) is 11.9. The number of hydrogen-bond donors (Lipinski definition) is 1. The van der Waals surface area contributed by atoms with E-state index in [9.17, 15) is 9.90 Å². The molecule has 3 nitrogen and oxygen atoms in total. The molecule has 20 heavy (non-hydrogen) atoms. The predicted octanol–water partition coefficient (Wildman–Crippen LogP) is 2.57. The van der Waals surface area contributed by atoms with E-state index in [0.29, 0.717) is 17.8 Å². The van der Waals surface area contributed by atoms with Gasteiger partial charge in [0.05, 0.1) is 6.10 Å². The number of ether oxygens (including phenoxy) is 1. The van der Waals surface area contributed by atoms with Gasteiger partial charge in [-0.2, -0.15) is 0 Å². The molecular weight excluding hydrogens is 252 g/mol. The second-order valence-corrected chi connectivity index (χ2v) is 6.23. The maximum atomic E-state index is 11.4. The molecule has 3 heteroatoms. The van der Waals surface area contributed by atoms with Gasteiger partial charge in [0.25, 0.3) is 0 Å². The normalized spacial score (nSPS) is 35.8. The molecule has 1 N–H and O–H groups in total. The Balaban J connectivity index is 1.76. The topological polar surface area (TPSA) is 46.5 Å². The van der Waals surface area contributed by atoms with Crippen LogP contribution in [-0.4, -0.2) is 23.3 Å². The van der Waals surface area contributed by atoms with E-state index in [1.54, 1.807) is 0 Å². The van der Waals surface area contributed by atoms with Gasteiger partial charge in [-0.15, -0.1) is 0 Å². The van der Waals surface area contributed by atoms with Crippen molar-refractivity contribution in [2.75, 3.05) is 0 Å². The molecule has 0 saturated heterocycles. The van der Waals surface area contributed by atoms with Crippen LogP contribution >= 0.6 is 0 Å². The third-order valence-electron chi connectivity index (χ3n) is 4.94. The Morgan fingerprint density at radius 1 is 1.25 bits per heavy atom. The minimum Gasteiger partial charge on any atom is -0.462 e. The van der Waals surface area contributed by atoms with Crippen molar-refractivity contribution in [1.29, 1.82) is 0 Å². The van der Waals surface area contributed by atoms with Crippen LogP contribution in [0.3, 0.4) is 0 Å². The summed E-state index contributed by atoms with van der Waals surface area (Å²) in [5, 5.41) is 10.1. The number of aliphatic hydroxyl groups is 1. The summed E-state index contributed by atoms with van der Waals surface area (Å²) in [6, 6.07) is 10.3. The molecule has 0 radical (unpaired) electrons. The van der Waals surface area contributed by atoms with Crippen molar-refractivity contribution >= 4 is 5.97 Å². The molecule has 1 aromatic carbocycles. The second-order valence-electron chi connectivity index (χ2n) is 6.23. The molecule has 0 heterocycles. The van der Waals surface area contributed by atoms with Crippen LogP contribution in [0.1, 0.15) is 31.7 Å². The minimum absolute atomic E-state index is 0.0187. The number of rotatable bonds is 3. The van der Waals surface area contributed by atoms with Gasteiger partial charge in [0.1, 0.15) is 6.10 Å². The Morgan fingerprint density at radius 3 is 2.70 bits per heavy atom. The molecule has 0 spiro atoms. The molecule has 2 fully saturated rings. The fourth-order valence-corrected chi connectivity index (χ4v) is 4.14. The lowest BCUT2D eigenvalue weighted by Crippen LogP contribution is -2.28. The fourth-order valence-electron chi connectivity index (χ4n) is 4.14. The molecular formula is C17H22O3. The number of carbonyl (C=O) groups excluding carboxylic acids is 1. The molecule has 108 valence electrons. The van der Waals surface area contributed by atoms with Gasteiger partial charge >= 0.3 is 5.97 Å². The van der Waals surface area contributed by atoms with E-state index in [1.807, 2.05) is 18.2 Å². The van der Waals surface area contributed by atoms with E-state index in [2.05, 4.69) is 12.1 Å². The van der Waals surface area contributed by atoms with Gasteiger partial charge in [-0.1, -0.05) is 30.3 Å². The van der Waals surface area contributed by atoms with Crippen molar-refractivity contribution in [2.24, 2.45) is 17.8 Å². The first kappa shape index (κ1) is 13.6. The number of hydrogen-bond acceptors (Lipinski definition) is 3. The summed E-state index contributed by atoms with van der Waals surface area (Å²) in [5.74, 6) is 0.803. The molecule has 0 aliphatic heterocycles. The lowest BCUT2D eigenvalue weighted by atomic mass is 9.92. The average Bonchev–Trinajstić information content (AvgIpc) is 2.93. The summed E-state index contributed by atoms with van der Waals surface area (Å²) in [7, 11) is 0. The molecule has 0 aromatic heterocycles. The summed E-state index contributed by atoms with van der Waals surface area (Å²) < 4.78 is 5.61. The summed E-state index contributed by atoms with van der Waals surface area (Å²) >= 11 is 0. The molecule has 2 aliphatic rings. The van der Waals surface area contributed by atoms with Gasteiger partial charge in [-0.3, -0.25) is 4.79 Å². The highest BCUT2D eigenvalue weighted by Crippen LogP contribution is 2.49. The lowest BCUT2D eigenvalue weighted by molar-refractivity contribution is -0.150. The van der Waals surface area contributed by atoms with Crippen LogP contribution in [0.5, 0.6) is 0 Å². The Hall–Kier alpha value is -1.35. The Morgan fingerprint density at radius 2 is 2.00 bits per heavy atom. The Bertz CT molecular complexity index is 470. The van der Waals surface area contributed by atoms with Gasteiger partial charge in [-0.25, -0.2) is 0 Å². The quantitative estimate of drug-likeness (QED) is 0.862. The first-order valence-corrected chi connectivity index (χ1v) is 7.54. The number of benzene rings is 1. The van der Waals surface area contributed by atoms with Crippen LogP contribution in [0.15, 0.2) is 30.3 Å². The molecule has 1 aromatic rings. The molecule has 3 rings (SSSR count). The van der Waals surface area contributed by atoms with Crippen LogP contribution in [0.4, 0.5) is 0 Å².